The predicted molar refractivity (Wildman–Crippen MR) is 141 cm³/mol. The maximum absolute atomic E-state index is 6.32. The Hall–Kier alpha value is -3.15. The van der Waals surface area contributed by atoms with E-state index in [-0.39, 0.29) is 5.95 Å². The van der Waals surface area contributed by atoms with Gasteiger partial charge in [-0.1, -0.05) is 11.6 Å². The molecule has 2 heterocycles. The number of halogens is 2. The predicted octanol–water partition coefficient (Wildman–Crippen LogP) is 4.64. The van der Waals surface area contributed by atoms with Crippen LogP contribution in [0, 0.1) is 6.92 Å². The summed E-state index contributed by atoms with van der Waals surface area (Å²) in [6, 6.07) is 9.25. The molecule has 1 fully saturated rings. The molecular formula is C23H25BrClN7O3. The summed E-state index contributed by atoms with van der Waals surface area (Å²) in [4.78, 5) is 15.7. The molecular weight excluding hydrogens is 538 g/mol. The van der Waals surface area contributed by atoms with Crippen LogP contribution in [-0.4, -0.2) is 61.7 Å². The summed E-state index contributed by atoms with van der Waals surface area (Å²) in [7, 11) is 3.18. The summed E-state index contributed by atoms with van der Waals surface area (Å²) in [5, 5.41) is 8.15. The van der Waals surface area contributed by atoms with Gasteiger partial charge in [-0.3, -0.25) is 0 Å². The highest BCUT2D eigenvalue weighted by Crippen LogP contribution is 2.31. The van der Waals surface area contributed by atoms with Crippen molar-refractivity contribution in [2.45, 2.75) is 6.92 Å². The minimum atomic E-state index is 0.287. The Morgan fingerprint density at radius 2 is 1.80 bits per heavy atom. The number of nitrogens with one attached hydrogen (secondary N) is 2. The molecule has 0 radical (unpaired) electrons. The van der Waals surface area contributed by atoms with Crippen molar-refractivity contribution in [3.05, 3.63) is 51.0 Å². The molecule has 2 aromatic carbocycles. The van der Waals surface area contributed by atoms with Crippen LogP contribution in [0.25, 0.3) is 0 Å². The van der Waals surface area contributed by atoms with Gasteiger partial charge in [0.15, 0.2) is 11.5 Å². The highest BCUT2D eigenvalue weighted by atomic mass is 79.9. The number of ether oxygens (including phenoxy) is 3. The lowest BCUT2D eigenvalue weighted by Gasteiger charge is -2.27. The number of rotatable bonds is 8. The molecule has 0 spiro atoms. The maximum Gasteiger partial charge on any atom is 0.250 e. The third-order valence-electron chi connectivity index (χ3n) is 5.20. The lowest BCUT2D eigenvalue weighted by molar-refractivity contribution is 0.122. The summed E-state index contributed by atoms with van der Waals surface area (Å²) in [6.07, 6.45) is 1.64. The number of morpholine rings is 1. The molecule has 1 aliphatic heterocycles. The minimum absolute atomic E-state index is 0.287. The van der Waals surface area contributed by atoms with Crippen LogP contribution in [0.2, 0.25) is 5.02 Å². The van der Waals surface area contributed by atoms with Crippen molar-refractivity contribution >= 4 is 57.3 Å². The number of aromatic nitrogens is 3. The van der Waals surface area contributed by atoms with E-state index in [9.17, 15) is 0 Å². The van der Waals surface area contributed by atoms with Crippen molar-refractivity contribution in [2.75, 3.05) is 56.2 Å². The number of hydrogen-bond acceptors (Lipinski definition) is 10. The van der Waals surface area contributed by atoms with E-state index in [1.165, 1.54) is 0 Å². The van der Waals surface area contributed by atoms with Crippen LogP contribution in [0.1, 0.15) is 11.1 Å². The number of methoxy groups -OCH3 is 2. The largest absolute Gasteiger partial charge is 0.493 e. The molecule has 1 saturated heterocycles. The average Bonchev–Trinajstić information content (AvgIpc) is 2.87. The van der Waals surface area contributed by atoms with Gasteiger partial charge in [0.25, 0.3) is 0 Å². The van der Waals surface area contributed by atoms with Gasteiger partial charge in [-0.15, -0.1) is 0 Å². The van der Waals surface area contributed by atoms with E-state index in [1.807, 2.05) is 42.2 Å². The fourth-order valence-corrected chi connectivity index (χ4v) is 4.06. The summed E-state index contributed by atoms with van der Waals surface area (Å²) >= 11 is 9.88. The maximum atomic E-state index is 6.32. The molecule has 184 valence electrons. The van der Waals surface area contributed by atoms with Gasteiger partial charge in [0.2, 0.25) is 17.8 Å². The topological polar surface area (TPSA) is 106 Å². The van der Waals surface area contributed by atoms with E-state index in [1.54, 1.807) is 20.4 Å². The summed E-state index contributed by atoms with van der Waals surface area (Å²) < 4.78 is 16.9. The normalized spacial score (nSPS) is 13.7. The van der Waals surface area contributed by atoms with Crippen LogP contribution in [0.3, 0.4) is 0 Å². The minimum Gasteiger partial charge on any atom is -0.493 e. The van der Waals surface area contributed by atoms with Gasteiger partial charge in [0.1, 0.15) is 0 Å². The van der Waals surface area contributed by atoms with Crippen LogP contribution in [0.15, 0.2) is 39.9 Å². The zero-order valence-electron chi connectivity index (χ0n) is 19.5. The second kappa shape index (κ2) is 11.5. The van der Waals surface area contributed by atoms with Crippen molar-refractivity contribution in [3.8, 4) is 11.5 Å². The second-order valence-corrected chi connectivity index (χ2v) is 8.83. The van der Waals surface area contributed by atoms with E-state index in [4.69, 9.17) is 25.8 Å². The fourth-order valence-electron chi connectivity index (χ4n) is 3.34. The molecule has 1 aliphatic rings. The Kier molecular flexibility index (Phi) is 8.21. The van der Waals surface area contributed by atoms with Crippen molar-refractivity contribution in [2.24, 2.45) is 5.10 Å². The zero-order valence-corrected chi connectivity index (χ0v) is 21.9. The smallest absolute Gasteiger partial charge is 0.250 e. The molecule has 0 aliphatic carbocycles. The summed E-state index contributed by atoms with van der Waals surface area (Å²) in [5.74, 6) is 2.41. The zero-order chi connectivity index (χ0) is 24.8. The first-order valence-electron chi connectivity index (χ1n) is 10.8. The molecule has 35 heavy (non-hydrogen) atoms. The quantitative estimate of drug-likeness (QED) is 0.300. The van der Waals surface area contributed by atoms with Gasteiger partial charge < -0.3 is 24.4 Å². The highest BCUT2D eigenvalue weighted by Gasteiger charge is 2.17. The molecule has 12 heteroatoms. The van der Waals surface area contributed by atoms with Crippen LogP contribution in [-0.2, 0) is 4.74 Å². The first-order valence-corrected chi connectivity index (χ1v) is 12.0. The average molecular weight is 563 g/mol. The van der Waals surface area contributed by atoms with Gasteiger partial charge in [-0.05, 0) is 64.3 Å². The SMILES string of the molecule is COc1ccc(C=NNc2nc(Nc3cc(Cl)c(C)cc3Br)nc(N3CCOCC3)n2)cc1OC. The van der Waals surface area contributed by atoms with Crippen molar-refractivity contribution in [3.63, 3.8) is 0 Å². The highest BCUT2D eigenvalue weighted by molar-refractivity contribution is 9.10. The van der Waals surface area contributed by atoms with Crippen LogP contribution in [0.5, 0.6) is 11.5 Å². The van der Waals surface area contributed by atoms with E-state index in [2.05, 4.69) is 46.7 Å². The third kappa shape index (κ3) is 6.30. The molecule has 1 aromatic heterocycles. The van der Waals surface area contributed by atoms with Gasteiger partial charge in [-0.25, -0.2) is 5.43 Å². The first-order chi connectivity index (χ1) is 17.0. The standard InChI is InChI=1S/C23H25BrClN7O3/c1-14-10-16(24)18(12-17(14)25)27-21-28-22(30-23(29-21)32-6-8-35-9-7-32)31-26-13-15-4-5-19(33-2)20(11-15)34-3/h4-5,10-13H,6-9H2,1-3H3,(H2,27,28,29,30,31). The van der Waals surface area contributed by atoms with E-state index in [0.717, 1.165) is 21.3 Å². The molecule has 10 nitrogen and oxygen atoms in total. The number of nitrogens with zero attached hydrogens (tertiary/aromatic N) is 5. The van der Waals surface area contributed by atoms with Gasteiger partial charge in [-0.2, -0.15) is 20.1 Å². The molecule has 4 rings (SSSR count). The van der Waals surface area contributed by atoms with Crippen LogP contribution < -0.4 is 25.1 Å². The molecule has 3 aromatic rings. The summed E-state index contributed by atoms with van der Waals surface area (Å²) in [6.45, 7) is 4.51. The first kappa shape index (κ1) is 25.0. The Balaban J connectivity index is 1.59. The molecule has 2 N–H and O–H groups in total. The van der Waals surface area contributed by atoms with E-state index < -0.39 is 0 Å². The van der Waals surface area contributed by atoms with Crippen molar-refractivity contribution < 1.29 is 14.2 Å². The fraction of sp³-hybridized carbons (Fsp3) is 0.304. The number of hydrogen-bond donors (Lipinski definition) is 2. The van der Waals surface area contributed by atoms with Gasteiger partial charge in [0.05, 0.1) is 39.3 Å². The van der Waals surface area contributed by atoms with Gasteiger partial charge >= 0.3 is 0 Å². The van der Waals surface area contributed by atoms with Crippen LogP contribution in [0.4, 0.5) is 23.5 Å². The molecule has 0 bridgehead atoms. The van der Waals surface area contributed by atoms with Crippen molar-refractivity contribution in [1.82, 2.24) is 15.0 Å². The van der Waals surface area contributed by atoms with E-state index in [0.29, 0.717) is 54.7 Å². The van der Waals surface area contributed by atoms with Gasteiger partial charge in [0, 0.05) is 22.6 Å². The Morgan fingerprint density at radius 3 is 2.54 bits per heavy atom. The lowest BCUT2D eigenvalue weighted by atomic mass is 10.2. The Labute approximate surface area is 216 Å². The molecule has 0 saturated carbocycles. The molecule has 0 unspecified atom stereocenters. The number of hydrazone groups is 1. The van der Waals surface area contributed by atoms with Crippen LogP contribution >= 0.6 is 27.5 Å². The molecule has 0 atom stereocenters. The third-order valence-corrected chi connectivity index (χ3v) is 6.26. The number of benzene rings is 2. The number of aryl methyl sites for hydroxylation is 1. The van der Waals surface area contributed by atoms with E-state index >= 15 is 0 Å². The Bertz CT molecular complexity index is 1220. The monoisotopic (exact) mass is 561 g/mol. The van der Waals surface area contributed by atoms with Crippen molar-refractivity contribution in [1.29, 1.82) is 0 Å². The lowest BCUT2D eigenvalue weighted by Crippen LogP contribution is -2.37. The molecule has 0 amide bonds. The Morgan fingerprint density at radius 1 is 1.06 bits per heavy atom. The number of anilines is 4. The second-order valence-electron chi connectivity index (χ2n) is 7.57. The summed E-state index contributed by atoms with van der Waals surface area (Å²) in [5.41, 5.74) is 5.41.